The van der Waals surface area contributed by atoms with Crippen LogP contribution in [0, 0.1) is 5.82 Å². The van der Waals surface area contributed by atoms with Crippen LogP contribution < -0.4 is 9.47 Å². The van der Waals surface area contributed by atoms with Gasteiger partial charge in [-0.2, -0.15) is 0 Å². The predicted molar refractivity (Wildman–Crippen MR) is 138 cm³/mol. The quantitative estimate of drug-likeness (QED) is 0.309. The molecule has 5 nitrogen and oxygen atoms in total. The van der Waals surface area contributed by atoms with E-state index >= 15 is 0 Å². The summed E-state index contributed by atoms with van der Waals surface area (Å²) in [6.07, 6.45) is 1.80. The number of likely N-dealkylation sites (N-methyl/N-ethyl adjacent to an activating group) is 1. The lowest BCUT2D eigenvalue weighted by Crippen LogP contribution is -2.28. The number of rotatable bonds is 7. The van der Waals surface area contributed by atoms with Crippen LogP contribution in [-0.4, -0.2) is 29.6 Å². The third-order valence-electron chi connectivity index (χ3n) is 5.06. The fourth-order valence-corrected chi connectivity index (χ4v) is 4.80. The molecule has 0 aliphatic carbocycles. The van der Waals surface area contributed by atoms with Crippen molar-refractivity contribution in [3.63, 3.8) is 0 Å². The molecule has 3 aromatic rings. The fourth-order valence-electron chi connectivity index (χ4n) is 3.31. The first kappa shape index (κ1) is 24.0. The van der Waals surface area contributed by atoms with E-state index in [4.69, 9.17) is 9.47 Å². The monoisotopic (exact) mass is 540 g/mol. The van der Waals surface area contributed by atoms with Crippen molar-refractivity contribution in [1.82, 2.24) is 4.90 Å². The summed E-state index contributed by atoms with van der Waals surface area (Å²) < 4.78 is 25.5. The van der Waals surface area contributed by atoms with Crippen LogP contribution in [0.3, 0.4) is 0 Å². The number of carbonyl (C=O) groups excluding carboxylic acids is 1. The van der Waals surface area contributed by atoms with Gasteiger partial charge in [0.15, 0.2) is 16.7 Å². The summed E-state index contributed by atoms with van der Waals surface area (Å²) in [5.41, 5.74) is 2.41. The van der Waals surface area contributed by atoms with Gasteiger partial charge < -0.3 is 9.47 Å². The maximum atomic E-state index is 13.2. The second-order valence-corrected chi connectivity index (χ2v) is 9.19. The van der Waals surface area contributed by atoms with E-state index in [0.29, 0.717) is 40.4 Å². The standard InChI is InChI=1S/C26H22BrFN2O3S/c1-3-30-25(31)24(34-26(30)29-20-11-9-19(28)10-12-20)14-18-13-22(32-2)23(15-21(18)27)33-16-17-7-5-4-6-8-17/h4-15H,3,16H2,1-2H3/b24-14+,29-26?. The highest BCUT2D eigenvalue weighted by atomic mass is 79.9. The number of amidine groups is 1. The Hall–Kier alpha value is -3.10. The fraction of sp³-hybridized carbons (Fsp3) is 0.154. The molecule has 4 rings (SSSR count). The van der Waals surface area contributed by atoms with Crippen LogP contribution in [0.1, 0.15) is 18.1 Å². The minimum Gasteiger partial charge on any atom is -0.493 e. The SMILES string of the molecule is CCN1C(=O)/C(=C\c2cc(OC)c(OCc3ccccc3)cc2Br)SC1=Nc1ccc(F)cc1. The first-order valence-electron chi connectivity index (χ1n) is 10.6. The van der Waals surface area contributed by atoms with E-state index in [9.17, 15) is 9.18 Å². The van der Waals surface area contributed by atoms with Gasteiger partial charge in [0.25, 0.3) is 5.91 Å². The van der Waals surface area contributed by atoms with Gasteiger partial charge in [-0.1, -0.05) is 46.3 Å². The van der Waals surface area contributed by atoms with E-state index in [-0.39, 0.29) is 11.7 Å². The van der Waals surface area contributed by atoms with Crippen LogP contribution in [0.2, 0.25) is 0 Å². The van der Waals surface area contributed by atoms with Gasteiger partial charge in [-0.15, -0.1) is 0 Å². The van der Waals surface area contributed by atoms with Crippen molar-refractivity contribution in [2.75, 3.05) is 13.7 Å². The van der Waals surface area contributed by atoms with Gasteiger partial charge in [0, 0.05) is 11.0 Å². The first-order chi connectivity index (χ1) is 16.5. The summed E-state index contributed by atoms with van der Waals surface area (Å²) in [7, 11) is 1.58. The molecular weight excluding hydrogens is 519 g/mol. The third kappa shape index (κ3) is 5.51. The Morgan fingerprint density at radius 3 is 2.50 bits per heavy atom. The number of aliphatic imine (C=N–C) groups is 1. The Balaban J connectivity index is 1.59. The number of carbonyl (C=O) groups is 1. The van der Waals surface area contributed by atoms with Crippen LogP contribution in [0.25, 0.3) is 6.08 Å². The zero-order chi connectivity index (χ0) is 24.1. The Morgan fingerprint density at radius 1 is 1.09 bits per heavy atom. The van der Waals surface area contributed by atoms with Gasteiger partial charge in [-0.25, -0.2) is 9.38 Å². The van der Waals surface area contributed by atoms with Crippen LogP contribution in [0.4, 0.5) is 10.1 Å². The molecule has 1 fully saturated rings. The van der Waals surface area contributed by atoms with Crippen molar-refractivity contribution in [3.05, 3.63) is 93.1 Å². The number of methoxy groups -OCH3 is 1. The molecule has 174 valence electrons. The molecule has 1 saturated heterocycles. The lowest BCUT2D eigenvalue weighted by Gasteiger charge is -2.13. The van der Waals surface area contributed by atoms with E-state index in [2.05, 4.69) is 20.9 Å². The molecule has 0 bridgehead atoms. The molecule has 1 aliphatic rings. The Morgan fingerprint density at radius 2 is 1.82 bits per heavy atom. The van der Waals surface area contributed by atoms with Gasteiger partial charge in [-0.3, -0.25) is 9.69 Å². The van der Waals surface area contributed by atoms with Gasteiger partial charge in [0.05, 0.1) is 17.7 Å². The van der Waals surface area contributed by atoms with E-state index in [0.717, 1.165) is 15.6 Å². The van der Waals surface area contributed by atoms with Crippen molar-refractivity contribution in [3.8, 4) is 11.5 Å². The summed E-state index contributed by atoms with van der Waals surface area (Å²) in [5.74, 6) is 0.694. The maximum absolute atomic E-state index is 13.2. The van der Waals surface area contributed by atoms with Crippen LogP contribution >= 0.6 is 27.7 Å². The summed E-state index contributed by atoms with van der Waals surface area (Å²) in [5, 5.41) is 0.552. The van der Waals surface area contributed by atoms with Crippen LogP contribution in [0.15, 0.2) is 81.1 Å². The summed E-state index contributed by atoms with van der Waals surface area (Å²) in [6, 6.07) is 19.4. The number of nitrogens with zero attached hydrogens (tertiary/aromatic N) is 2. The second kappa shape index (κ2) is 10.9. The van der Waals surface area contributed by atoms with Crippen LogP contribution in [-0.2, 0) is 11.4 Å². The molecule has 8 heteroatoms. The molecular formula is C26H22BrFN2O3S. The lowest BCUT2D eigenvalue weighted by atomic mass is 10.1. The summed E-state index contributed by atoms with van der Waals surface area (Å²) in [6.45, 7) is 2.77. The normalized spacial score (nSPS) is 15.9. The van der Waals surface area contributed by atoms with Crippen molar-refractivity contribution in [1.29, 1.82) is 0 Å². The van der Waals surface area contributed by atoms with E-state index in [1.165, 1.54) is 23.9 Å². The predicted octanol–water partition coefficient (Wildman–Crippen LogP) is 6.80. The Bertz CT molecular complexity index is 1250. The smallest absolute Gasteiger partial charge is 0.266 e. The van der Waals surface area contributed by atoms with Gasteiger partial charge >= 0.3 is 0 Å². The number of thioether (sulfide) groups is 1. The average molecular weight is 541 g/mol. The molecule has 0 atom stereocenters. The number of amides is 1. The minimum atomic E-state index is -0.331. The van der Waals surface area contributed by atoms with Crippen molar-refractivity contribution in [2.45, 2.75) is 13.5 Å². The molecule has 0 unspecified atom stereocenters. The molecule has 1 heterocycles. The van der Waals surface area contributed by atoms with Crippen LogP contribution in [0.5, 0.6) is 11.5 Å². The van der Waals surface area contributed by atoms with Gasteiger partial charge in [-0.05, 0) is 72.3 Å². The molecule has 0 radical (unpaired) electrons. The zero-order valence-electron chi connectivity index (χ0n) is 18.6. The van der Waals surface area contributed by atoms with Crippen molar-refractivity contribution in [2.24, 2.45) is 4.99 Å². The first-order valence-corrected chi connectivity index (χ1v) is 12.2. The van der Waals surface area contributed by atoms with Gasteiger partial charge in [0.1, 0.15) is 12.4 Å². The van der Waals surface area contributed by atoms with E-state index in [1.807, 2.05) is 49.4 Å². The van der Waals surface area contributed by atoms with Crippen molar-refractivity contribution < 1.29 is 18.7 Å². The molecule has 1 amide bonds. The second-order valence-electron chi connectivity index (χ2n) is 7.33. The number of hydrogen-bond donors (Lipinski definition) is 0. The molecule has 0 aromatic heterocycles. The number of benzene rings is 3. The van der Waals surface area contributed by atoms with Gasteiger partial charge in [0.2, 0.25) is 0 Å². The van der Waals surface area contributed by atoms with E-state index < -0.39 is 0 Å². The summed E-state index contributed by atoms with van der Waals surface area (Å²) >= 11 is 4.87. The highest BCUT2D eigenvalue weighted by Gasteiger charge is 2.32. The third-order valence-corrected chi connectivity index (χ3v) is 6.76. The molecule has 0 N–H and O–H groups in total. The Kier molecular flexibility index (Phi) is 7.70. The van der Waals surface area contributed by atoms with Crippen molar-refractivity contribution >= 4 is 50.5 Å². The lowest BCUT2D eigenvalue weighted by molar-refractivity contribution is -0.122. The largest absolute Gasteiger partial charge is 0.493 e. The molecule has 3 aromatic carbocycles. The minimum absolute atomic E-state index is 0.136. The van der Waals surface area contributed by atoms with E-state index in [1.54, 1.807) is 30.2 Å². The maximum Gasteiger partial charge on any atom is 0.266 e. The topological polar surface area (TPSA) is 51.1 Å². The molecule has 0 spiro atoms. The number of hydrogen-bond acceptors (Lipinski definition) is 5. The highest BCUT2D eigenvalue weighted by molar-refractivity contribution is 9.10. The summed E-state index contributed by atoms with van der Waals surface area (Å²) in [4.78, 5) is 19.7. The molecule has 1 aliphatic heterocycles. The highest BCUT2D eigenvalue weighted by Crippen LogP contribution is 2.39. The number of halogens is 2. The molecule has 34 heavy (non-hydrogen) atoms. The number of ether oxygens (including phenoxy) is 2. The Labute approximate surface area is 210 Å². The average Bonchev–Trinajstić information content (AvgIpc) is 3.14. The zero-order valence-corrected chi connectivity index (χ0v) is 21.0. The molecule has 0 saturated carbocycles.